The van der Waals surface area contributed by atoms with E-state index < -0.39 is 0 Å². The molecule has 2 heterocycles. The average molecular weight is 322 g/mol. The van der Waals surface area contributed by atoms with Crippen molar-refractivity contribution in [1.82, 2.24) is 14.6 Å². The highest BCUT2D eigenvalue weighted by Crippen LogP contribution is 2.39. The van der Waals surface area contributed by atoms with Gasteiger partial charge >= 0.3 is 0 Å². The van der Waals surface area contributed by atoms with Crippen molar-refractivity contribution in [3.63, 3.8) is 0 Å². The van der Waals surface area contributed by atoms with Crippen LogP contribution in [0.2, 0.25) is 0 Å². The lowest BCUT2D eigenvalue weighted by atomic mass is 9.98. The summed E-state index contributed by atoms with van der Waals surface area (Å²) in [7, 11) is 0. The number of hydrogen-bond donors (Lipinski definition) is 2. The number of rotatable bonds is 2. The Morgan fingerprint density at radius 2 is 1.88 bits per heavy atom. The monoisotopic (exact) mass is 322 g/mol. The number of aliphatic hydroxyl groups is 1. The van der Waals surface area contributed by atoms with Gasteiger partial charge in [0.1, 0.15) is 0 Å². The van der Waals surface area contributed by atoms with Crippen molar-refractivity contribution in [1.29, 1.82) is 0 Å². The lowest BCUT2D eigenvalue weighted by Gasteiger charge is -2.13. The van der Waals surface area contributed by atoms with Crippen LogP contribution in [0.25, 0.3) is 22.4 Å². The maximum atomic E-state index is 9.98. The van der Waals surface area contributed by atoms with Crippen LogP contribution in [0.1, 0.15) is 42.1 Å². The summed E-state index contributed by atoms with van der Waals surface area (Å²) in [5.74, 6) is 7.21. The van der Waals surface area contributed by atoms with Crippen molar-refractivity contribution in [2.75, 3.05) is 5.84 Å². The van der Waals surface area contributed by atoms with Crippen LogP contribution in [-0.2, 0) is 0 Å². The molecule has 0 spiro atoms. The molecule has 1 aliphatic rings. The van der Waals surface area contributed by atoms with E-state index in [2.05, 4.69) is 6.92 Å². The van der Waals surface area contributed by atoms with Crippen LogP contribution in [0.4, 0.5) is 0 Å². The SMILES string of the molecule is Cc1c(C)n(N)c2nc(-c3ccccc3)nc([C@H]3CC[C@@H](O)C3)c12. The molecule has 1 fully saturated rings. The summed E-state index contributed by atoms with van der Waals surface area (Å²) in [6, 6.07) is 9.98. The largest absolute Gasteiger partial charge is 0.393 e. The number of aliphatic hydroxyl groups excluding tert-OH is 1. The quantitative estimate of drug-likeness (QED) is 0.711. The van der Waals surface area contributed by atoms with Crippen LogP contribution < -0.4 is 5.84 Å². The van der Waals surface area contributed by atoms with E-state index >= 15 is 0 Å². The molecule has 0 unspecified atom stereocenters. The molecule has 5 heteroatoms. The molecule has 0 bridgehead atoms. The fourth-order valence-corrected chi connectivity index (χ4v) is 3.74. The highest BCUT2D eigenvalue weighted by molar-refractivity contribution is 5.86. The molecule has 5 nitrogen and oxygen atoms in total. The third-order valence-corrected chi connectivity index (χ3v) is 5.25. The number of aryl methyl sites for hydroxylation is 1. The summed E-state index contributed by atoms with van der Waals surface area (Å²) in [5.41, 5.74) is 4.92. The predicted octanol–water partition coefficient (Wildman–Crippen LogP) is 3.06. The van der Waals surface area contributed by atoms with E-state index in [1.807, 2.05) is 37.3 Å². The molecule has 0 saturated heterocycles. The molecule has 0 aliphatic heterocycles. The zero-order valence-corrected chi connectivity index (χ0v) is 14.0. The number of benzene rings is 1. The van der Waals surface area contributed by atoms with Gasteiger partial charge in [-0.25, -0.2) is 14.6 Å². The van der Waals surface area contributed by atoms with Crippen molar-refractivity contribution in [3.8, 4) is 11.4 Å². The first-order valence-electron chi connectivity index (χ1n) is 8.44. The Kier molecular flexibility index (Phi) is 3.53. The van der Waals surface area contributed by atoms with Gasteiger partial charge in [0.25, 0.3) is 0 Å². The minimum absolute atomic E-state index is 0.235. The summed E-state index contributed by atoms with van der Waals surface area (Å²) >= 11 is 0. The number of nitrogens with two attached hydrogens (primary N) is 1. The van der Waals surface area contributed by atoms with Gasteiger partial charge in [-0.3, -0.25) is 0 Å². The van der Waals surface area contributed by atoms with Crippen molar-refractivity contribution < 1.29 is 5.11 Å². The van der Waals surface area contributed by atoms with Crippen LogP contribution in [0.3, 0.4) is 0 Å². The molecule has 0 amide bonds. The van der Waals surface area contributed by atoms with Gasteiger partial charge < -0.3 is 10.9 Å². The smallest absolute Gasteiger partial charge is 0.163 e. The summed E-state index contributed by atoms with van der Waals surface area (Å²) in [4.78, 5) is 9.65. The molecule has 2 atom stereocenters. The van der Waals surface area contributed by atoms with E-state index in [4.69, 9.17) is 15.8 Å². The van der Waals surface area contributed by atoms with Gasteiger partial charge in [0.05, 0.1) is 11.8 Å². The van der Waals surface area contributed by atoms with Crippen LogP contribution in [0.15, 0.2) is 30.3 Å². The molecule has 0 radical (unpaired) electrons. The van der Waals surface area contributed by atoms with Crippen LogP contribution >= 0.6 is 0 Å². The highest BCUT2D eigenvalue weighted by atomic mass is 16.3. The number of fused-ring (bicyclic) bond motifs is 1. The standard InChI is InChI=1S/C19H22N4O/c1-11-12(2)23(20)19-16(11)17(14-8-9-15(24)10-14)21-18(22-19)13-6-4-3-5-7-13/h3-7,14-15,24H,8-10,20H2,1-2H3/t14-,15+/m0/s1. The minimum Gasteiger partial charge on any atom is -0.393 e. The second kappa shape index (κ2) is 5.60. The molecule has 1 aliphatic carbocycles. The van der Waals surface area contributed by atoms with E-state index in [0.29, 0.717) is 5.82 Å². The number of hydrogen-bond acceptors (Lipinski definition) is 4. The summed E-state index contributed by atoms with van der Waals surface area (Å²) in [5, 5.41) is 11.0. The second-order valence-electron chi connectivity index (χ2n) is 6.74. The number of nitrogen functional groups attached to an aromatic ring is 1. The maximum absolute atomic E-state index is 9.98. The van der Waals surface area contributed by atoms with E-state index in [9.17, 15) is 5.11 Å². The highest BCUT2D eigenvalue weighted by Gasteiger charge is 2.29. The Bertz CT molecular complexity index is 901. The summed E-state index contributed by atoms with van der Waals surface area (Å²) < 4.78 is 1.66. The van der Waals surface area contributed by atoms with Crippen LogP contribution in [-0.4, -0.2) is 25.9 Å². The van der Waals surface area contributed by atoms with Gasteiger partial charge in [0, 0.05) is 22.6 Å². The Morgan fingerprint density at radius 3 is 2.54 bits per heavy atom. The van der Waals surface area contributed by atoms with Gasteiger partial charge in [-0.2, -0.15) is 0 Å². The van der Waals surface area contributed by atoms with E-state index in [1.54, 1.807) is 4.68 Å². The molecule has 2 aromatic heterocycles. The van der Waals surface area contributed by atoms with E-state index in [1.165, 1.54) is 0 Å². The molecule has 3 aromatic rings. The van der Waals surface area contributed by atoms with Gasteiger partial charge in [-0.15, -0.1) is 0 Å². The second-order valence-corrected chi connectivity index (χ2v) is 6.74. The fraction of sp³-hybridized carbons (Fsp3) is 0.368. The summed E-state index contributed by atoms with van der Waals surface area (Å²) in [6.07, 6.45) is 2.31. The zero-order valence-electron chi connectivity index (χ0n) is 14.0. The molecular weight excluding hydrogens is 300 g/mol. The topological polar surface area (TPSA) is 77.0 Å². The Morgan fingerprint density at radius 1 is 1.12 bits per heavy atom. The Hall–Kier alpha value is -2.40. The van der Waals surface area contributed by atoms with Crippen molar-refractivity contribution in [3.05, 3.63) is 47.3 Å². The lowest BCUT2D eigenvalue weighted by molar-refractivity contribution is 0.181. The van der Waals surface area contributed by atoms with Gasteiger partial charge in [0.15, 0.2) is 11.5 Å². The number of nitrogens with zero attached hydrogens (tertiary/aromatic N) is 3. The normalized spacial score (nSPS) is 20.8. The Labute approximate surface area is 141 Å². The van der Waals surface area contributed by atoms with Gasteiger partial charge in [0.2, 0.25) is 0 Å². The zero-order chi connectivity index (χ0) is 16.8. The first-order valence-corrected chi connectivity index (χ1v) is 8.44. The average Bonchev–Trinajstić information content (AvgIpc) is 3.13. The van der Waals surface area contributed by atoms with Gasteiger partial charge in [-0.1, -0.05) is 30.3 Å². The van der Waals surface area contributed by atoms with Crippen molar-refractivity contribution >= 4 is 11.0 Å². The van der Waals surface area contributed by atoms with Gasteiger partial charge in [-0.05, 0) is 38.7 Å². The first kappa shape index (κ1) is 15.1. The molecule has 1 aromatic carbocycles. The lowest BCUT2D eigenvalue weighted by Crippen LogP contribution is -2.12. The van der Waals surface area contributed by atoms with Crippen LogP contribution in [0.5, 0.6) is 0 Å². The summed E-state index contributed by atoms with van der Waals surface area (Å²) in [6.45, 7) is 4.08. The third kappa shape index (κ3) is 2.27. The van der Waals surface area contributed by atoms with Crippen LogP contribution in [0, 0.1) is 13.8 Å². The first-order chi connectivity index (χ1) is 11.6. The molecule has 1 saturated carbocycles. The fourth-order valence-electron chi connectivity index (χ4n) is 3.74. The Balaban J connectivity index is 1.99. The van der Waals surface area contributed by atoms with E-state index in [0.717, 1.165) is 52.8 Å². The molecular formula is C19H22N4O. The number of aromatic nitrogens is 3. The maximum Gasteiger partial charge on any atom is 0.163 e. The molecule has 4 rings (SSSR count). The predicted molar refractivity (Wildman–Crippen MR) is 95.2 cm³/mol. The molecule has 124 valence electrons. The molecule has 3 N–H and O–H groups in total. The van der Waals surface area contributed by atoms with Crippen molar-refractivity contribution in [2.24, 2.45) is 0 Å². The van der Waals surface area contributed by atoms with Crippen molar-refractivity contribution in [2.45, 2.75) is 45.1 Å². The minimum atomic E-state index is -0.235. The van der Waals surface area contributed by atoms with E-state index in [-0.39, 0.29) is 12.0 Å². The third-order valence-electron chi connectivity index (χ3n) is 5.25. The molecule has 24 heavy (non-hydrogen) atoms.